The first-order valence-electron chi connectivity index (χ1n) is 5.34. The highest BCUT2D eigenvalue weighted by Gasteiger charge is 2.13. The molecule has 0 atom stereocenters. The van der Waals surface area contributed by atoms with Gasteiger partial charge in [-0.3, -0.25) is 4.79 Å². The molecule has 0 spiro atoms. The first-order valence-corrected chi connectivity index (χ1v) is 6.78. The molecule has 0 rings (SSSR count). The predicted molar refractivity (Wildman–Crippen MR) is 66.8 cm³/mol. The predicted octanol–water partition coefficient (Wildman–Crippen LogP) is -1.55. The van der Waals surface area contributed by atoms with Gasteiger partial charge in [-0.1, -0.05) is 0 Å². The van der Waals surface area contributed by atoms with Crippen molar-refractivity contribution in [1.82, 2.24) is 19.2 Å². The van der Waals surface area contributed by atoms with Gasteiger partial charge in [0.05, 0.1) is 6.54 Å². The quantitative estimate of drug-likeness (QED) is 0.521. The van der Waals surface area contributed by atoms with E-state index in [0.29, 0.717) is 6.54 Å². The van der Waals surface area contributed by atoms with Crippen molar-refractivity contribution in [3.05, 3.63) is 0 Å². The Hall–Kier alpha value is -0.700. The molecule has 0 saturated heterocycles. The second kappa shape index (κ2) is 7.59. The van der Waals surface area contributed by atoms with E-state index in [2.05, 4.69) is 10.0 Å². The molecule has 0 heterocycles. The molecule has 0 aliphatic heterocycles. The molecule has 0 aromatic rings. The molecule has 0 aliphatic carbocycles. The number of rotatable bonds is 8. The van der Waals surface area contributed by atoms with Crippen LogP contribution in [0.5, 0.6) is 0 Å². The average molecular weight is 266 g/mol. The second-order valence-electron chi connectivity index (χ2n) is 4.12. The number of nitrogens with one attached hydrogen (secondary N) is 2. The topological polar surface area (TPSA) is 81.8 Å². The van der Waals surface area contributed by atoms with Gasteiger partial charge >= 0.3 is 0 Å². The van der Waals surface area contributed by atoms with Gasteiger partial charge in [0.1, 0.15) is 0 Å². The molecular weight excluding hydrogens is 244 g/mol. The van der Waals surface area contributed by atoms with Crippen molar-refractivity contribution in [1.29, 1.82) is 0 Å². The number of amides is 1. The lowest BCUT2D eigenvalue weighted by molar-refractivity contribution is -0.119. The zero-order chi connectivity index (χ0) is 13.5. The monoisotopic (exact) mass is 266 g/mol. The van der Waals surface area contributed by atoms with Crippen LogP contribution in [0.1, 0.15) is 6.42 Å². The number of nitrogens with zero attached hydrogens (tertiary/aromatic N) is 2. The van der Waals surface area contributed by atoms with Gasteiger partial charge in [0.25, 0.3) is 10.2 Å². The van der Waals surface area contributed by atoms with Crippen LogP contribution in [0.4, 0.5) is 0 Å². The van der Waals surface area contributed by atoms with Gasteiger partial charge in [0, 0.05) is 20.6 Å². The molecule has 17 heavy (non-hydrogen) atoms. The normalized spacial score (nSPS) is 12.1. The number of carbonyl (C=O) groups excluding carboxylic acids is 1. The highest BCUT2D eigenvalue weighted by molar-refractivity contribution is 7.87. The SMILES string of the molecule is CN(C)CCCNC(=O)CNS(=O)(=O)N(C)C. The summed E-state index contributed by atoms with van der Waals surface area (Å²) in [5, 5.41) is 2.64. The first-order chi connectivity index (χ1) is 7.75. The Morgan fingerprint density at radius 3 is 2.24 bits per heavy atom. The first kappa shape index (κ1) is 16.3. The Balaban J connectivity index is 3.74. The van der Waals surface area contributed by atoms with Crippen molar-refractivity contribution in [2.45, 2.75) is 6.42 Å². The van der Waals surface area contributed by atoms with Crippen LogP contribution in [0.3, 0.4) is 0 Å². The van der Waals surface area contributed by atoms with E-state index in [-0.39, 0.29) is 12.5 Å². The molecule has 0 aromatic heterocycles. The Labute approximate surface area is 103 Å². The van der Waals surface area contributed by atoms with Crippen molar-refractivity contribution in [3.8, 4) is 0 Å². The third-order valence-electron chi connectivity index (χ3n) is 2.00. The van der Waals surface area contributed by atoms with E-state index < -0.39 is 10.2 Å². The van der Waals surface area contributed by atoms with Crippen molar-refractivity contribution in [2.24, 2.45) is 0 Å². The Bertz CT molecular complexity index is 327. The largest absolute Gasteiger partial charge is 0.355 e. The maximum atomic E-state index is 11.3. The Morgan fingerprint density at radius 2 is 1.76 bits per heavy atom. The number of hydrogen-bond acceptors (Lipinski definition) is 4. The number of hydrogen-bond donors (Lipinski definition) is 2. The van der Waals surface area contributed by atoms with E-state index >= 15 is 0 Å². The summed E-state index contributed by atoms with van der Waals surface area (Å²) < 4.78 is 25.8. The summed E-state index contributed by atoms with van der Waals surface area (Å²) in [5.41, 5.74) is 0. The lowest BCUT2D eigenvalue weighted by Crippen LogP contribution is -2.42. The minimum Gasteiger partial charge on any atom is -0.355 e. The van der Waals surface area contributed by atoms with E-state index in [0.717, 1.165) is 17.3 Å². The summed E-state index contributed by atoms with van der Waals surface area (Å²) in [6.45, 7) is 1.19. The van der Waals surface area contributed by atoms with Gasteiger partial charge in [-0.25, -0.2) is 0 Å². The minimum atomic E-state index is -3.52. The molecular formula is C9H22N4O3S. The van der Waals surface area contributed by atoms with Crippen molar-refractivity contribution >= 4 is 16.1 Å². The third-order valence-corrected chi connectivity index (χ3v) is 3.47. The highest BCUT2D eigenvalue weighted by Crippen LogP contribution is 1.86. The summed E-state index contributed by atoms with van der Waals surface area (Å²) in [5.74, 6) is -0.325. The van der Waals surface area contributed by atoms with E-state index in [9.17, 15) is 13.2 Å². The fourth-order valence-electron chi connectivity index (χ4n) is 0.971. The zero-order valence-electron chi connectivity index (χ0n) is 10.9. The van der Waals surface area contributed by atoms with Gasteiger partial charge < -0.3 is 10.2 Å². The van der Waals surface area contributed by atoms with Crippen LogP contribution in [-0.2, 0) is 15.0 Å². The fraction of sp³-hybridized carbons (Fsp3) is 0.889. The van der Waals surface area contributed by atoms with Crippen LogP contribution in [0.15, 0.2) is 0 Å². The van der Waals surface area contributed by atoms with Crippen molar-refractivity contribution < 1.29 is 13.2 Å². The molecule has 0 bridgehead atoms. The molecule has 0 fully saturated rings. The van der Waals surface area contributed by atoms with Crippen LogP contribution in [0, 0.1) is 0 Å². The van der Waals surface area contributed by atoms with Gasteiger partial charge in [0.15, 0.2) is 0 Å². The summed E-state index contributed by atoms with van der Waals surface area (Å²) in [6, 6.07) is 0. The van der Waals surface area contributed by atoms with Crippen LogP contribution >= 0.6 is 0 Å². The maximum absolute atomic E-state index is 11.3. The summed E-state index contributed by atoms with van der Waals surface area (Å²) in [6.07, 6.45) is 0.833. The minimum absolute atomic E-state index is 0.234. The summed E-state index contributed by atoms with van der Waals surface area (Å²) in [7, 11) is 3.18. The molecule has 102 valence electrons. The third kappa shape index (κ3) is 8.08. The Morgan fingerprint density at radius 1 is 1.18 bits per heavy atom. The zero-order valence-corrected chi connectivity index (χ0v) is 11.7. The molecule has 1 amide bonds. The van der Waals surface area contributed by atoms with Crippen LogP contribution in [0.2, 0.25) is 0 Å². The summed E-state index contributed by atoms with van der Waals surface area (Å²) in [4.78, 5) is 13.3. The average Bonchev–Trinajstić information content (AvgIpc) is 2.21. The molecule has 2 N–H and O–H groups in total. The molecule has 0 saturated carbocycles. The molecule has 7 nitrogen and oxygen atoms in total. The van der Waals surface area contributed by atoms with Crippen LogP contribution in [-0.4, -0.2) is 71.4 Å². The van der Waals surface area contributed by atoms with E-state index in [1.54, 1.807) is 0 Å². The maximum Gasteiger partial charge on any atom is 0.279 e. The molecule has 0 radical (unpaired) electrons. The van der Waals surface area contributed by atoms with Gasteiger partial charge in [-0.05, 0) is 27.1 Å². The van der Waals surface area contributed by atoms with Crippen LogP contribution in [0.25, 0.3) is 0 Å². The second-order valence-corrected chi connectivity index (χ2v) is 6.08. The smallest absolute Gasteiger partial charge is 0.279 e. The lowest BCUT2D eigenvalue weighted by Gasteiger charge is -2.13. The fourth-order valence-corrected chi connectivity index (χ4v) is 1.54. The van der Waals surface area contributed by atoms with Crippen molar-refractivity contribution in [3.63, 3.8) is 0 Å². The lowest BCUT2D eigenvalue weighted by atomic mass is 10.4. The number of carbonyl (C=O) groups is 1. The van der Waals surface area contributed by atoms with E-state index in [4.69, 9.17) is 0 Å². The van der Waals surface area contributed by atoms with Crippen LogP contribution < -0.4 is 10.0 Å². The molecule has 0 aromatic carbocycles. The van der Waals surface area contributed by atoms with Gasteiger partial charge in [-0.15, -0.1) is 0 Å². The molecule has 0 aliphatic rings. The standard InChI is InChI=1S/C9H22N4O3S/c1-12(2)7-5-6-10-9(14)8-11-17(15,16)13(3)4/h11H,5-8H2,1-4H3,(H,10,14). The van der Waals surface area contributed by atoms with Crippen molar-refractivity contribution in [2.75, 3.05) is 47.8 Å². The molecule has 8 heteroatoms. The highest BCUT2D eigenvalue weighted by atomic mass is 32.2. The molecule has 0 unspecified atom stereocenters. The van der Waals surface area contributed by atoms with E-state index in [1.165, 1.54) is 14.1 Å². The van der Waals surface area contributed by atoms with E-state index in [1.807, 2.05) is 19.0 Å². The Kier molecular flexibility index (Phi) is 7.28. The summed E-state index contributed by atoms with van der Waals surface area (Å²) >= 11 is 0. The van der Waals surface area contributed by atoms with Gasteiger partial charge in [0.2, 0.25) is 5.91 Å². The van der Waals surface area contributed by atoms with Gasteiger partial charge in [-0.2, -0.15) is 17.4 Å².